The quantitative estimate of drug-likeness (QED) is 0.754. The van der Waals surface area contributed by atoms with Crippen LogP contribution < -0.4 is 0 Å². The Bertz CT molecular complexity index is 765. The summed E-state index contributed by atoms with van der Waals surface area (Å²) in [7, 11) is 0. The summed E-state index contributed by atoms with van der Waals surface area (Å²) in [5.41, 5.74) is 2.99. The summed E-state index contributed by atoms with van der Waals surface area (Å²) in [6, 6.07) is 5.53. The van der Waals surface area contributed by atoms with Gasteiger partial charge in [0.25, 0.3) is 5.89 Å². The van der Waals surface area contributed by atoms with Crippen LogP contribution in [0.25, 0.3) is 23.0 Å². The summed E-state index contributed by atoms with van der Waals surface area (Å²) in [4.78, 5) is 11.3. The number of aryl methyl sites for hydroxylation is 1. The van der Waals surface area contributed by atoms with Crippen LogP contribution in [0.15, 0.2) is 35.2 Å². The molecule has 3 heterocycles. The van der Waals surface area contributed by atoms with E-state index in [-0.39, 0.29) is 0 Å². The van der Waals surface area contributed by atoms with Crippen molar-refractivity contribution in [2.75, 3.05) is 0 Å². The first-order chi connectivity index (χ1) is 9.28. The molecule has 0 aliphatic carbocycles. The molecular weight excluding hydrogens is 242 g/mol. The average Bonchev–Trinajstić information content (AvgIpc) is 3.08. The minimum atomic E-state index is 0.354. The van der Waals surface area contributed by atoms with Crippen molar-refractivity contribution < 1.29 is 4.52 Å². The molecule has 92 valence electrons. The molecule has 0 saturated carbocycles. The number of hydrogen-bond donors (Lipinski definition) is 1. The third kappa shape index (κ3) is 1.98. The molecule has 6 heteroatoms. The van der Waals surface area contributed by atoms with E-state index in [1.807, 2.05) is 19.1 Å². The van der Waals surface area contributed by atoms with Crippen LogP contribution in [0.4, 0.5) is 0 Å². The lowest BCUT2D eigenvalue weighted by atomic mass is 10.1. The maximum atomic E-state index is 8.77. The Labute approximate surface area is 108 Å². The van der Waals surface area contributed by atoms with E-state index in [0.717, 1.165) is 11.1 Å². The molecule has 0 atom stereocenters. The van der Waals surface area contributed by atoms with Crippen LogP contribution in [-0.2, 0) is 0 Å². The molecular formula is C13H9N5O. The molecule has 0 fully saturated rings. The summed E-state index contributed by atoms with van der Waals surface area (Å²) >= 11 is 0. The highest BCUT2D eigenvalue weighted by Crippen LogP contribution is 2.23. The average molecular weight is 251 g/mol. The molecule has 3 aromatic heterocycles. The number of rotatable bonds is 2. The fourth-order valence-corrected chi connectivity index (χ4v) is 1.75. The molecule has 0 spiro atoms. The first-order valence-electron chi connectivity index (χ1n) is 5.61. The first-order valence-corrected chi connectivity index (χ1v) is 5.61. The van der Waals surface area contributed by atoms with Gasteiger partial charge in [0.05, 0.1) is 5.56 Å². The Morgan fingerprint density at radius 1 is 1.42 bits per heavy atom. The molecule has 0 aliphatic heterocycles. The van der Waals surface area contributed by atoms with Gasteiger partial charge in [-0.2, -0.15) is 10.2 Å². The second kappa shape index (κ2) is 4.38. The minimum absolute atomic E-state index is 0.354. The van der Waals surface area contributed by atoms with Gasteiger partial charge in [-0.25, -0.2) is 0 Å². The van der Waals surface area contributed by atoms with Crippen molar-refractivity contribution in [1.82, 2.24) is 20.1 Å². The van der Waals surface area contributed by atoms with Gasteiger partial charge < -0.3 is 9.51 Å². The van der Waals surface area contributed by atoms with Crippen LogP contribution in [0.1, 0.15) is 11.1 Å². The Kier molecular flexibility index (Phi) is 2.58. The zero-order valence-corrected chi connectivity index (χ0v) is 10.1. The second-order valence-corrected chi connectivity index (χ2v) is 4.03. The van der Waals surface area contributed by atoms with Crippen LogP contribution in [0, 0.1) is 18.3 Å². The maximum absolute atomic E-state index is 8.77. The fourth-order valence-electron chi connectivity index (χ4n) is 1.75. The zero-order chi connectivity index (χ0) is 13.2. The molecule has 0 aromatic carbocycles. The van der Waals surface area contributed by atoms with Gasteiger partial charge in [-0.3, -0.25) is 4.98 Å². The molecule has 0 amide bonds. The number of hydrogen-bond acceptors (Lipinski definition) is 5. The molecule has 3 aromatic rings. The third-order valence-corrected chi connectivity index (χ3v) is 2.73. The Morgan fingerprint density at radius 2 is 2.32 bits per heavy atom. The number of nitrogens with one attached hydrogen (secondary N) is 1. The van der Waals surface area contributed by atoms with Gasteiger partial charge in [-0.15, -0.1) is 0 Å². The van der Waals surface area contributed by atoms with Crippen LogP contribution in [0.2, 0.25) is 0 Å². The van der Waals surface area contributed by atoms with E-state index < -0.39 is 0 Å². The molecule has 0 aliphatic rings. The normalized spacial score (nSPS) is 10.3. The van der Waals surface area contributed by atoms with E-state index >= 15 is 0 Å². The fraction of sp³-hybridized carbons (Fsp3) is 0.0769. The number of pyridine rings is 1. The van der Waals surface area contributed by atoms with Crippen molar-refractivity contribution in [3.05, 3.63) is 41.9 Å². The first kappa shape index (κ1) is 11.2. The van der Waals surface area contributed by atoms with E-state index in [2.05, 4.69) is 20.1 Å². The number of aromatic nitrogens is 4. The van der Waals surface area contributed by atoms with Gasteiger partial charge in [0.15, 0.2) is 0 Å². The largest absolute Gasteiger partial charge is 0.356 e. The van der Waals surface area contributed by atoms with Gasteiger partial charge >= 0.3 is 0 Å². The van der Waals surface area contributed by atoms with Crippen molar-refractivity contribution >= 4 is 0 Å². The lowest BCUT2D eigenvalue weighted by Crippen LogP contribution is -1.86. The highest BCUT2D eigenvalue weighted by atomic mass is 16.5. The van der Waals surface area contributed by atoms with Crippen molar-refractivity contribution in [3.63, 3.8) is 0 Å². The van der Waals surface area contributed by atoms with E-state index in [0.29, 0.717) is 23.0 Å². The molecule has 0 bridgehead atoms. The Balaban J connectivity index is 2.00. The third-order valence-electron chi connectivity index (χ3n) is 2.73. The van der Waals surface area contributed by atoms with E-state index in [1.54, 1.807) is 24.7 Å². The molecule has 1 N–H and O–H groups in total. The van der Waals surface area contributed by atoms with Gasteiger partial charge in [0, 0.05) is 24.2 Å². The lowest BCUT2D eigenvalue weighted by molar-refractivity contribution is 0.431. The lowest BCUT2D eigenvalue weighted by Gasteiger charge is -1.97. The SMILES string of the molecule is Cc1cnccc1-c1noc(-c2cc(C#N)c[nH]2)n1. The number of nitrogens with zero attached hydrogens (tertiary/aromatic N) is 4. The molecule has 0 saturated heterocycles. The molecule has 6 nitrogen and oxygen atoms in total. The predicted molar refractivity (Wildman–Crippen MR) is 66.8 cm³/mol. The van der Waals surface area contributed by atoms with Crippen LogP contribution >= 0.6 is 0 Å². The summed E-state index contributed by atoms with van der Waals surface area (Å²) < 4.78 is 5.20. The van der Waals surface area contributed by atoms with E-state index in [1.165, 1.54) is 0 Å². The van der Waals surface area contributed by atoms with E-state index in [4.69, 9.17) is 9.78 Å². The number of aromatic amines is 1. The smallest absolute Gasteiger partial charge is 0.274 e. The van der Waals surface area contributed by atoms with Gasteiger partial charge in [-0.1, -0.05) is 5.16 Å². The summed E-state index contributed by atoms with van der Waals surface area (Å²) in [6.45, 7) is 1.93. The van der Waals surface area contributed by atoms with Crippen molar-refractivity contribution in [2.45, 2.75) is 6.92 Å². The molecule has 0 unspecified atom stereocenters. The van der Waals surface area contributed by atoms with Crippen molar-refractivity contribution in [3.8, 4) is 29.0 Å². The summed E-state index contributed by atoms with van der Waals surface area (Å²) in [6.07, 6.45) is 5.02. The Morgan fingerprint density at radius 3 is 3.05 bits per heavy atom. The Hall–Kier alpha value is -2.94. The molecule has 3 rings (SSSR count). The number of H-pyrrole nitrogens is 1. The predicted octanol–water partition coefficient (Wildman–Crippen LogP) is 2.31. The van der Waals surface area contributed by atoms with E-state index in [9.17, 15) is 0 Å². The zero-order valence-electron chi connectivity index (χ0n) is 10.1. The summed E-state index contributed by atoms with van der Waals surface area (Å²) in [5, 5.41) is 12.7. The topological polar surface area (TPSA) is 91.4 Å². The summed E-state index contributed by atoms with van der Waals surface area (Å²) in [5.74, 6) is 0.857. The maximum Gasteiger partial charge on any atom is 0.274 e. The minimum Gasteiger partial charge on any atom is -0.356 e. The van der Waals surface area contributed by atoms with Gasteiger partial charge in [0.2, 0.25) is 5.82 Å². The van der Waals surface area contributed by atoms with Crippen LogP contribution in [0.3, 0.4) is 0 Å². The highest BCUT2D eigenvalue weighted by Gasteiger charge is 2.13. The standard InChI is InChI=1S/C13H9N5O/c1-8-6-15-3-2-10(8)12-17-13(19-18-12)11-4-9(5-14)7-16-11/h2-4,6-7,16H,1H3. The highest BCUT2D eigenvalue weighted by molar-refractivity contribution is 5.61. The number of nitriles is 1. The van der Waals surface area contributed by atoms with Crippen LogP contribution in [-0.4, -0.2) is 20.1 Å². The van der Waals surface area contributed by atoms with Crippen molar-refractivity contribution in [2.24, 2.45) is 0 Å². The van der Waals surface area contributed by atoms with Gasteiger partial charge in [-0.05, 0) is 24.6 Å². The van der Waals surface area contributed by atoms with Gasteiger partial charge in [0.1, 0.15) is 11.8 Å². The molecule has 19 heavy (non-hydrogen) atoms. The molecule has 0 radical (unpaired) electrons. The van der Waals surface area contributed by atoms with Crippen LogP contribution in [0.5, 0.6) is 0 Å². The monoisotopic (exact) mass is 251 g/mol. The second-order valence-electron chi connectivity index (χ2n) is 4.03. The van der Waals surface area contributed by atoms with Crippen molar-refractivity contribution in [1.29, 1.82) is 5.26 Å².